The van der Waals surface area contributed by atoms with E-state index in [-0.39, 0.29) is 5.91 Å². The number of aromatic nitrogens is 3. The molecule has 0 atom stereocenters. The lowest BCUT2D eigenvalue weighted by Crippen LogP contribution is -2.13. The molecule has 0 saturated carbocycles. The summed E-state index contributed by atoms with van der Waals surface area (Å²) in [5.41, 5.74) is 5.87. The summed E-state index contributed by atoms with van der Waals surface area (Å²) < 4.78 is 5.77. The molecule has 2 aromatic heterocycles. The number of hydrogen-bond donors (Lipinski definition) is 1. The van der Waals surface area contributed by atoms with Crippen LogP contribution in [0.25, 0.3) is 17.0 Å². The van der Waals surface area contributed by atoms with Crippen molar-refractivity contribution in [1.29, 1.82) is 5.26 Å². The number of hydrazone groups is 1. The van der Waals surface area contributed by atoms with Gasteiger partial charge in [-0.3, -0.25) is 4.79 Å². The summed E-state index contributed by atoms with van der Waals surface area (Å²) in [6.45, 7) is 0. The fraction of sp³-hybridized carbons (Fsp3) is 0.0625. The maximum absolute atomic E-state index is 12.2. The van der Waals surface area contributed by atoms with E-state index in [1.54, 1.807) is 18.3 Å². The first kappa shape index (κ1) is 14.3. The Balaban J connectivity index is 1.88. The first-order chi connectivity index (χ1) is 11.7. The van der Waals surface area contributed by atoms with Crippen molar-refractivity contribution in [3.05, 3.63) is 52.2 Å². The van der Waals surface area contributed by atoms with Gasteiger partial charge in [0.05, 0.1) is 28.3 Å². The van der Waals surface area contributed by atoms with E-state index in [9.17, 15) is 4.79 Å². The van der Waals surface area contributed by atoms with Crippen molar-refractivity contribution in [3.63, 3.8) is 0 Å². The molecule has 0 unspecified atom stereocenters. The second kappa shape index (κ2) is 5.40. The van der Waals surface area contributed by atoms with Crippen molar-refractivity contribution in [2.24, 2.45) is 12.1 Å². The van der Waals surface area contributed by atoms with E-state index in [0.717, 1.165) is 21.3 Å². The molecule has 8 heteroatoms. The molecule has 0 bridgehead atoms. The molecule has 1 aromatic carbocycles. The number of benzene rings is 1. The van der Waals surface area contributed by atoms with E-state index in [1.165, 1.54) is 11.5 Å². The Bertz CT molecular complexity index is 1070. The lowest BCUT2D eigenvalue weighted by molar-refractivity contribution is -0.116. The molecule has 1 aliphatic rings. The number of hydrogen-bond acceptors (Lipinski definition) is 6. The van der Waals surface area contributed by atoms with Crippen LogP contribution >= 0.6 is 11.5 Å². The van der Waals surface area contributed by atoms with Crippen LogP contribution in [0.4, 0.5) is 0 Å². The summed E-state index contributed by atoms with van der Waals surface area (Å²) in [7, 11) is 1.92. The number of carbonyl (C=O) groups is 1. The number of nitrogens with zero attached hydrogens (tertiary/aromatic N) is 5. The molecule has 116 valence electrons. The summed E-state index contributed by atoms with van der Waals surface area (Å²) in [4.78, 5) is 12.9. The van der Waals surface area contributed by atoms with E-state index >= 15 is 0 Å². The molecule has 24 heavy (non-hydrogen) atoms. The number of nitriles is 1. The smallest absolute Gasteiger partial charge is 0.273 e. The van der Waals surface area contributed by atoms with E-state index in [1.807, 2.05) is 29.9 Å². The Kier molecular flexibility index (Phi) is 3.22. The van der Waals surface area contributed by atoms with Crippen LogP contribution in [0.1, 0.15) is 16.0 Å². The Hall–Kier alpha value is -3.31. The van der Waals surface area contributed by atoms with E-state index in [4.69, 9.17) is 5.26 Å². The molecule has 0 aliphatic carbocycles. The highest BCUT2D eigenvalue weighted by Crippen LogP contribution is 2.26. The third kappa shape index (κ3) is 2.19. The van der Waals surface area contributed by atoms with Gasteiger partial charge in [-0.1, -0.05) is 4.49 Å². The zero-order valence-electron chi connectivity index (χ0n) is 12.5. The monoisotopic (exact) mass is 334 g/mol. The van der Waals surface area contributed by atoms with Gasteiger partial charge in [0.1, 0.15) is 5.71 Å². The quantitative estimate of drug-likeness (QED) is 0.723. The van der Waals surface area contributed by atoms with Crippen molar-refractivity contribution >= 4 is 40.1 Å². The third-order valence-electron chi connectivity index (χ3n) is 3.81. The highest BCUT2D eigenvalue weighted by atomic mass is 32.1. The Morgan fingerprint density at radius 2 is 2.29 bits per heavy atom. The fourth-order valence-electron chi connectivity index (χ4n) is 2.69. The van der Waals surface area contributed by atoms with Crippen LogP contribution in [0.5, 0.6) is 0 Å². The van der Waals surface area contributed by atoms with Gasteiger partial charge in [0.25, 0.3) is 5.91 Å². The van der Waals surface area contributed by atoms with Crippen molar-refractivity contribution in [2.45, 2.75) is 0 Å². The first-order valence-corrected chi connectivity index (χ1v) is 7.81. The molecular weight excluding hydrogens is 324 g/mol. The van der Waals surface area contributed by atoms with E-state index in [2.05, 4.69) is 26.2 Å². The molecule has 0 spiro atoms. The fourth-order valence-corrected chi connectivity index (χ4v) is 3.21. The maximum atomic E-state index is 12.2. The topological polar surface area (TPSA) is 96.0 Å². The maximum Gasteiger partial charge on any atom is 0.273 e. The van der Waals surface area contributed by atoms with Gasteiger partial charge in [-0.15, -0.1) is 5.10 Å². The van der Waals surface area contributed by atoms with Crippen molar-refractivity contribution in [2.75, 3.05) is 0 Å². The van der Waals surface area contributed by atoms with Crippen molar-refractivity contribution in [1.82, 2.24) is 19.6 Å². The normalized spacial score (nSPS) is 15.6. The standard InChI is InChI=1S/C16H10N6OS/c1-22-8-10(11-4-9(6-17)2-3-13(11)22)5-12-15(19-20-16(12)23)14-7-18-21-24-14/h2-5,7-8H,1H3,(H,20,23)/b12-5-. The van der Waals surface area contributed by atoms with Crippen LogP contribution in [0.15, 0.2) is 41.3 Å². The molecule has 0 radical (unpaired) electrons. The number of amides is 1. The molecule has 0 fully saturated rings. The summed E-state index contributed by atoms with van der Waals surface area (Å²) in [6.07, 6.45) is 5.28. The molecule has 1 aliphatic heterocycles. The van der Waals surface area contributed by atoms with Crippen LogP contribution in [0.3, 0.4) is 0 Å². The van der Waals surface area contributed by atoms with Crippen LogP contribution in [0.2, 0.25) is 0 Å². The minimum absolute atomic E-state index is 0.271. The van der Waals surface area contributed by atoms with E-state index in [0.29, 0.717) is 16.8 Å². The highest BCUT2D eigenvalue weighted by molar-refractivity contribution is 7.08. The molecule has 1 amide bonds. The summed E-state index contributed by atoms with van der Waals surface area (Å²) in [5.74, 6) is -0.271. The van der Waals surface area contributed by atoms with Crippen LogP contribution in [-0.4, -0.2) is 25.8 Å². The second-order valence-corrected chi connectivity index (χ2v) is 6.07. The van der Waals surface area contributed by atoms with Gasteiger partial charge in [0, 0.05) is 29.7 Å². The third-order valence-corrected chi connectivity index (χ3v) is 4.48. The van der Waals surface area contributed by atoms with Crippen molar-refractivity contribution in [3.8, 4) is 6.07 Å². The van der Waals surface area contributed by atoms with Crippen LogP contribution in [0, 0.1) is 11.3 Å². The predicted octanol–water partition coefficient (Wildman–Crippen LogP) is 1.82. The first-order valence-electron chi connectivity index (χ1n) is 7.04. The van der Waals surface area contributed by atoms with Gasteiger partial charge in [0.2, 0.25) is 0 Å². The Labute approximate surface area is 140 Å². The largest absolute Gasteiger partial charge is 0.350 e. The molecule has 4 rings (SSSR count). The van der Waals surface area contributed by atoms with Gasteiger partial charge in [0.15, 0.2) is 0 Å². The Morgan fingerprint density at radius 3 is 3.04 bits per heavy atom. The molecule has 0 saturated heterocycles. The minimum Gasteiger partial charge on any atom is -0.350 e. The summed E-state index contributed by atoms with van der Waals surface area (Å²) in [6, 6.07) is 7.63. The van der Waals surface area contributed by atoms with Gasteiger partial charge in [-0.2, -0.15) is 10.4 Å². The van der Waals surface area contributed by atoms with E-state index < -0.39 is 0 Å². The highest BCUT2D eigenvalue weighted by Gasteiger charge is 2.26. The van der Waals surface area contributed by atoms with Crippen LogP contribution in [-0.2, 0) is 11.8 Å². The minimum atomic E-state index is -0.271. The number of rotatable bonds is 2. The van der Waals surface area contributed by atoms with Gasteiger partial charge in [-0.05, 0) is 35.8 Å². The number of aryl methyl sites for hydroxylation is 1. The number of fused-ring (bicyclic) bond motifs is 1. The summed E-state index contributed by atoms with van der Waals surface area (Å²) in [5, 5.41) is 17.9. The zero-order valence-corrected chi connectivity index (χ0v) is 13.3. The molecule has 3 heterocycles. The summed E-state index contributed by atoms with van der Waals surface area (Å²) >= 11 is 1.18. The number of nitrogens with one attached hydrogen (secondary N) is 1. The SMILES string of the molecule is Cn1cc(/C=C2\C(=O)NN=C2c2cnns2)c2cc(C#N)ccc21. The number of carbonyl (C=O) groups excluding carboxylic acids is 1. The molecule has 3 aromatic rings. The van der Waals surface area contributed by atoms with Crippen LogP contribution < -0.4 is 5.43 Å². The van der Waals surface area contributed by atoms with Gasteiger partial charge < -0.3 is 4.57 Å². The second-order valence-electron chi connectivity index (χ2n) is 5.28. The zero-order chi connectivity index (χ0) is 16.7. The predicted molar refractivity (Wildman–Crippen MR) is 90.2 cm³/mol. The van der Waals surface area contributed by atoms with Crippen molar-refractivity contribution < 1.29 is 4.79 Å². The lowest BCUT2D eigenvalue weighted by Gasteiger charge is -1.98. The molecular formula is C16H10N6OS. The average molecular weight is 334 g/mol. The van der Waals surface area contributed by atoms with Gasteiger partial charge in [-0.25, -0.2) is 5.43 Å². The van der Waals surface area contributed by atoms with Gasteiger partial charge >= 0.3 is 0 Å². The molecule has 1 N–H and O–H groups in total. The Morgan fingerprint density at radius 1 is 1.42 bits per heavy atom. The molecule has 7 nitrogen and oxygen atoms in total. The average Bonchev–Trinajstić information content (AvgIpc) is 3.30. The lowest BCUT2D eigenvalue weighted by atomic mass is 10.0.